The van der Waals surface area contributed by atoms with Gasteiger partial charge in [-0.2, -0.15) is 0 Å². The van der Waals surface area contributed by atoms with E-state index in [1.54, 1.807) is 12.1 Å². The lowest BCUT2D eigenvalue weighted by molar-refractivity contribution is -0.385. The van der Waals surface area contributed by atoms with E-state index in [0.717, 1.165) is 0 Å². The maximum absolute atomic E-state index is 11.6. The highest BCUT2D eigenvalue weighted by molar-refractivity contribution is 5.75. The van der Waals surface area contributed by atoms with Gasteiger partial charge in [0.1, 0.15) is 6.04 Å². The summed E-state index contributed by atoms with van der Waals surface area (Å²) in [5.74, 6) is -0.189. The molecule has 1 unspecified atom stereocenters. The van der Waals surface area contributed by atoms with Crippen molar-refractivity contribution in [3.8, 4) is 5.75 Å². The van der Waals surface area contributed by atoms with Crippen LogP contribution in [0.25, 0.3) is 0 Å². The van der Waals surface area contributed by atoms with Crippen molar-refractivity contribution >= 4 is 11.7 Å². The summed E-state index contributed by atoms with van der Waals surface area (Å²) in [6, 6.07) is 5.74. The fourth-order valence-electron chi connectivity index (χ4n) is 1.83. The number of nitro benzene ring substituents is 1. The third-order valence-corrected chi connectivity index (χ3v) is 2.75. The van der Waals surface area contributed by atoms with Gasteiger partial charge in [0.2, 0.25) is 0 Å². The van der Waals surface area contributed by atoms with Gasteiger partial charge in [-0.05, 0) is 6.07 Å². The minimum Gasteiger partial charge on any atom is -0.487 e. The highest BCUT2D eigenvalue weighted by Crippen LogP contribution is 2.25. The molecule has 0 saturated heterocycles. The Hall–Kier alpha value is -2.15. The van der Waals surface area contributed by atoms with Crippen LogP contribution in [0.15, 0.2) is 24.3 Å². The van der Waals surface area contributed by atoms with Crippen LogP contribution in [-0.4, -0.2) is 36.7 Å². The van der Waals surface area contributed by atoms with Crippen LogP contribution >= 0.6 is 0 Å². The molecule has 21 heavy (non-hydrogen) atoms. The number of hydrogen-bond donors (Lipinski definition) is 1. The van der Waals surface area contributed by atoms with Gasteiger partial charge in [-0.3, -0.25) is 14.9 Å². The fraction of sp³-hybridized carbons (Fsp3) is 0.500. The maximum atomic E-state index is 11.6. The van der Waals surface area contributed by atoms with Crippen LogP contribution in [0.3, 0.4) is 0 Å². The van der Waals surface area contributed by atoms with Gasteiger partial charge in [-0.1, -0.05) is 26.0 Å². The van der Waals surface area contributed by atoms with Gasteiger partial charge in [-0.25, -0.2) is 0 Å². The van der Waals surface area contributed by atoms with Crippen molar-refractivity contribution < 1.29 is 19.2 Å². The zero-order valence-corrected chi connectivity index (χ0v) is 12.4. The molecule has 1 aromatic carbocycles. The summed E-state index contributed by atoms with van der Waals surface area (Å²) in [5, 5.41) is 13.9. The highest BCUT2D eigenvalue weighted by Gasteiger charge is 2.20. The fourth-order valence-corrected chi connectivity index (χ4v) is 1.83. The molecule has 0 bridgehead atoms. The molecule has 0 aromatic heterocycles. The maximum Gasteiger partial charge on any atom is 0.322 e. The van der Waals surface area contributed by atoms with Crippen LogP contribution < -0.4 is 10.1 Å². The zero-order chi connectivity index (χ0) is 15.8. The van der Waals surface area contributed by atoms with Gasteiger partial charge in [0, 0.05) is 18.5 Å². The molecule has 7 heteroatoms. The Balaban J connectivity index is 2.62. The monoisotopic (exact) mass is 296 g/mol. The number of para-hydroxylation sites is 2. The predicted molar refractivity (Wildman–Crippen MR) is 77.3 cm³/mol. The van der Waals surface area contributed by atoms with Crippen molar-refractivity contribution in [2.75, 3.05) is 13.7 Å². The number of carbonyl (C=O) groups excluding carboxylic acids is 1. The highest BCUT2D eigenvalue weighted by atomic mass is 16.6. The van der Waals surface area contributed by atoms with Crippen molar-refractivity contribution in [1.29, 1.82) is 0 Å². The minimum atomic E-state index is -0.502. The Morgan fingerprint density at radius 2 is 2.05 bits per heavy atom. The molecule has 0 fully saturated rings. The first kappa shape index (κ1) is 16.9. The van der Waals surface area contributed by atoms with E-state index in [0.29, 0.717) is 6.42 Å². The SMILES string of the molecule is COC(=O)C(CCOc1ccccc1[N+](=O)[O-])NC(C)C. The first-order valence-corrected chi connectivity index (χ1v) is 6.65. The van der Waals surface area contributed by atoms with Gasteiger partial charge in [0.05, 0.1) is 18.6 Å². The van der Waals surface area contributed by atoms with Crippen LogP contribution in [0.2, 0.25) is 0 Å². The molecule has 0 aliphatic carbocycles. The lowest BCUT2D eigenvalue weighted by atomic mass is 10.2. The summed E-state index contributed by atoms with van der Waals surface area (Å²) in [6.45, 7) is 4.00. The molecular weight excluding hydrogens is 276 g/mol. The quantitative estimate of drug-likeness (QED) is 0.447. The van der Waals surface area contributed by atoms with E-state index in [1.165, 1.54) is 19.2 Å². The van der Waals surface area contributed by atoms with Crippen molar-refractivity contribution in [3.05, 3.63) is 34.4 Å². The minimum absolute atomic E-state index is 0.0936. The van der Waals surface area contributed by atoms with Crippen LogP contribution in [0, 0.1) is 10.1 Å². The average molecular weight is 296 g/mol. The summed E-state index contributed by atoms with van der Waals surface area (Å²) in [6.07, 6.45) is 0.358. The molecule has 0 aliphatic rings. The van der Waals surface area contributed by atoms with Crippen LogP contribution in [0.5, 0.6) is 5.75 Å². The molecule has 0 spiro atoms. The van der Waals surface area contributed by atoms with Gasteiger partial charge in [0.15, 0.2) is 5.75 Å². The van der Waals surface area contributed by atoms with E-state index in [-0.39, 0.29) is 30.1 Å². The van der Waals surface area contributed by atoms with Gasteiger partial charge < -0.3 is 14.8 Å². The molecule has 0 heterocycles. The van der Waals surface area contributed by atoms with Crippen molar-refractivity contribution in [3.63, 3.8) is 0 Å². The van der Waals surface area contributed by atoms with Crippen molar-refractivity contribution in [1.82, 2.24) is 5.32 Å². The van der Waals surface area contributed by atoms with E-state index in [1.807, 2.05) is 13.8 Å². The lowest BCUT2D eigenvalue weighted by Gasteiger charge is -2.19. The van der Waals surface area contributed by atoms with Gasteiger partial charge in [0.25, 0.3) is 0 Å². The summed E-state index contributed by atoms with van der Waals surface area (Å²) >= 11 is 0. The van der Waals surface area contributed by atoms with Crippen LogP contribution in [-0.2, 0) is 9.53 Å². The molecule has 1 aromatic rings. The number of nitro groups is 1. The molecule has 0 aliphatic heterocycles. The summed E-state index contributed by atoms with van der Waals surface area (Å²) < 4.78 is 10.1. The molecule has 1 N–H and O–H groups in total. The second-order valence-electron chi connectivity index (χ2n) is 4.76. The summed E-state index contributed by atoms with van der Waals surface area (Å²) in [4.78, 5) is 22.0. The second kappa shape index (κ2) is 8.21. The first-order chi connectivity index (χ1) is 9.95. The van der Waals surface area contributed by atoms with Crippen LogP contribution in [0.4, 0.5) is 5.69 Å². The van der Waals surface area contributed by atoms with Gasteiger partial charge in [-0.15, -0.1) is 0 Å². The topological polar surface area (TPSA) is 90.7 Å². The van der Waals surface area contributed by atoms with Crippen molar-refractivity contribution in [2.24, 2.45) is 0 Å². The number of nitrogens with zero attached hydrogens (tertiary/aromatic N) is 1. The number of esters is 1. The molecule has 0 saturated carbocycles. The summed E-state index contributed by atoms with van der Waals surface area (Å²) in [5.41, 5.74) is -0.0936. The largest absolute Gasteiger partial charge is 0.487 e. The molecule has 1 atom stereocenters. The number of benzene rings is 1. The smallest absolute Gasteiger partial charge is 0.322 e. The van der Waals surface area contributed by atoms with Crippen molar-refractivity contribution in [2.45, 2.75) is 32.4 Å². The third kappa shape index (κ3) is 5.39. The molecule has 0 amide bonds. The molecular formula is C14H20N2O5. The van der Waals surface area contributed by atoms with E-state index in [2.05, 4.69) is 5.32 Å². The first-order valence-electron chi connectivity index (χ1n) is 6.65. The Morgan fingerprint density at radius 1 is 1.38 bits per heavy atom. The summed E-state index contributed by atoms with van der Waals surface area (Å²) in [7, 11) is 1.32. The lowest BCUT2D eigenvalue weighted by Crippen LogP contribution is -2.42. The number of rotatable bonds is 8. The molecule has 0 radical (unpaired) electrons. The number of nitrogens with one attached hydrogen (secondary N) is 1. The normalized spacial score (nSPS) is 12.0. The Labute approximate surface area is 123 Å². The van der Waals surface area contributed by atoms with E-state index >= 15 is 0 Å². The number of methoxy groups -OCH3 is 1. The standard InChI is InChI=1S/C14H20N2O5/c1-10(2)15-11(14(17)20-3)8-9-21-13-7-5-4-6-12(13)16(18)19/h4-7,10-11,15H,8-9H2,1-3H3. The molecule has 7 nitrogen and oxygen atoms in total. The number of carbonyl (C=O) groups is 1. The zero-order valence-electron chi connectivity index (χ0n) is 12.4. The third-order valence-electron chi connectivity index (χ3n) is 2.75. The Bertz CT molecular complexity index is 490. The average Bonchev–Trinajstić information content (AvgIpc) is 2.45. The van der Waals surface area contributed by atoms with Gasteiger partial charge >= 0.3 is 11.7 Å². The van der Waals surface area contributed by atoms with E-state index in [9.17, 15) is 14.9 Å². The molecule has 1 rings (SSSR count). The van der Waals surface area contributed by atoms with E-state index in [4.69, 9.17) is 9.47 Å². The number of hydrogen-bond acceptors (Lipinski definition) is 6. The van der Waals surface area contributed by atoms with Crippen LogP contribution in [0.1, 0.15) is 20.3 Å². The molecule has 116 valence electrons. The predicted octanol–water partition coefficient (Wildman–Crippen LogP) is 1.90. The Morgan fingerprint density at radius 3 is 2.62 bits per heavy atom. The Kier molecular flexibility index (Phi) is 6.61. The second-order valence-corrected chi connectivity index (χ2v) is 4.76. The number of ether oxygens (including phenoxy) is 2. The van der Waals surface area contributed by atoms with E-state index < -0.39 is 11.0 Å².